The highest BCUT2D eigenvalue weighted by Crippen LogP contribution is 2.13. The first kappa shape index (κ1) is 14.2. The van der Waals surface area contributed by atoms with Gasteiger partial charge in [-0.05, 0) is 37.1 Å². The van der Waals surface area contributed by atoms with Gasteiger partial charge in [0, 0.05) is 12.8 Å². The summed E-state index contributed by atoms with van der Waals surface area (Å²) < 4.78 is 31.9. The molecule has 1 saturated heterocycles. The van der Waals surface area contributed by atoms with Crippen molar-refractivity contribution < 1.29 is 13.2 Å². The minimum absolute atomic E-state index is 0.0997. The molecule has 7 nitrogen and oxygen atoms in total. The van der Waals surface area contributed by atoms with E-state index in [1.54, 1.807) is 19.2 Å². The third-order valence-electron chi connectivity index (χ3n) is 2.91. The average molecular weight is 286 g/mol. The molecule has 0 aromatic heterocycles. The number of benzene rings is 1. The second-order valence-electron chi connectivity index (χ2n) is 4.33. The van der Waals surface area contributed by atoms with E-state index in [0.29, 0.717) is 12.1 Å². The number of rotatable bonds is 4. The lowest BCUT2D eigenvalue weighted by atomic mass is 10.2. The number of nitrogen functional groups attached to an aromatic ring is 1. The van der Waals surface area contributed by atoms with E-state index in [-0.39, 0.29) is 17.3 Å². The van der Waals surface area contributed by atoms with Gasteiger partial charge < -0.3 is 10.5 Å². The minimum Gasteiger partial charge on any atom is -0.399 e. The minimum atomic E-state index is -3.55. The highest BCUT2D eigenvalue weighted by atomic mass is 32.2. The van der Waals surface area contributed by atoms with Crippen LogP contribution in [0.2, 0.25) is 0 Å². The van der Waals surface area contributed by atoms with Gasteiger partial charge in [0.25, 0.3) is 0 Å². The normalized spacial score (nSPS) is 24.3. The van der Waals surface area contributed by atoms with E-state index in [0.717, 1.165) is 6.42 Å². The van der Waals surface area contributed by atoms with Crippen molar-refractivity contribution in [3.05, 3.63) is 24.3 Å². The Hall–Kier alpha value is -1.19. The molecule has 0 radical (unpaired) electrons. The zero-order valence-corrected chi connectivity index (χ0v) is 11.4. The molecule has 8 heteroatoms. The first-order valence-corrected chi connectivity index (χ1v) is 7.41. The van der Waals surface area contributed by atoms with Gasteiger partial charge >= 0.3 is 0 Å². The Morgan fingerprint density at radius 3 is 2.47 bits per heavy atom. The number of hydrogen-bond acceptors (Lipinski definition) is 6. The van der Waals surface area contributed by atoms with Crippen LogP contribution in [0.25, 0.3) is 0 Å². The molecule has 1 heterocycles. The number of nitrogens with one attached hydrogen (secondary N) is 3. The molecule has 1 aliphatic rings. The number of hydrazine groups is 1. The van der Waals surface area contributed by atoms with Gasteiger partial charge in [-0.25, -0.2) is 19.3 Å². The first-order valence-electron chi connectivity index (χ1n) is 5.93. The van der Waals surface area contributed by atoms with Gasteiger partial charge in [0.1, 0.15) is 6.23 Å². The van der Waals surface area contributed by atoms with Crippen LogP contribution in [0.15, 0.2) is 29.2 Å². The summed E-state index contributed by atoms with van der Waals surface area (Å²) >= 11 is 0. The van der Waals surface area contributed by atoms with E-state index in [1.807, 2.05) is 0 Å². The van der Waals surface area contributed by atoms with Crippen LogP contribution in [-0.4, -0.2) is 27.9 Å². The van der Waals surface area contributed by atoms with Crippen LogP contribution in [0, 0.1) is 0 Å². The molecule has 1 fully saturated rings. The lowest BCUT2D eigenvalue weighted by molar-refractivity contribution is 0.0237. The Bertz CT molecular complexity index is 509. The standard InChI is InChI=1S/C11H18N4O3S/c1-18-11-7-6-10(13-14-11)15-19(16,17)9-4-2-8(12)3-5-9/h2-5,10-11,13-15H,6-7,12H2,1H3. The molecule has 1 aliphatic heterocycles. The quantitative estimate of drug-likeness (QED) is 0.568. The average Bonchev–Trinajstić information content (AvgIpc) is 2.40. The zero-order chi connectivity index (χ0) is 13.9. The van der Waals surface area contributed by atoms with Crippen molar-refractivity contribution >= 4 is 15.7 Å². The molecule has 2 rings (SSSR count). The molecule has 0 aliphatic carbocycles. The third-order valence-corrected chi connectivity index (χ3v) is 4.40. The fraction of sp³-hybridized carbons (Fsp3) is 0.455. The van der Waals surface area contributed by atoms with Crippen molar-refractivity contribution in [1.29, 1.82) is 0 Å². The van der Waals surface area contributed by atoms with Crippen molar-refractivity contribution in [2.45, 2.75) is 30.1 Å². The molecular weight excluding hydrogens is 268 g/mol. The van der Waals surface area contributed by atoms with Gasteiger partial charge in [-0.15, -0.1) is 0 Å². The van der Waals surface area contributed by atoms with Crippen LogP contribution in [0.1, 0.15) is 12.8 Å². The molecule has 106 valence electrons. The van der Waals surface area contributed by atoms with E-state index in [9.17, 15) is 8.42 Å². The van der Waals surface area contributed by atoms with Gasteiger partial charge in [-0.3, -0.25) is 0 Å². The van der Waals surface area contributed by atoms with Crippen LogP contribution in [0.5, 0.6) is 0 Å². The molecular formula is C11H18N4O3S. The van der Waals surface area contributed by atoms with Crippen molar-refractivity contribution in [1.82, 2.24) is 15.6 Å². The number of methoxy groups -OCH3 is 1. The van der Waals surface area contributed by atoms with Crippen LogP contribution in [-0.2, 0) is 14.8 Å². The molecule has 2 atom stereocenters. The number of ether oxygens (including phenoxy) is 1. The largest absolute Gasteiger partial charge is 0.399 e. The molecule has 0 spiro atoms. The van der Waals surface area contributed by atoms with Gasteiger partial charge in [-0.1, -0.05) is 0 Å². The Morgan fingerprint density at radius 1 is 1.26 bits per heavy atom. The molecule has 1 aromatic rings. The zero-order valence-electron chi connectivity index (χ0n) is 10.6. The van der Waals surface area contributed by atoms with E-state index < -0.39 is 10.0 Å². The lowest BCUT2D eigenvalue weighted by Crippen LogP contribution is -2.58. The summed E-state index contributed by atoms with van der Waals surface area (Å²) in [4.78, 5) is 0.192. The van der Waals surface area contributed by atoms with Gasteiger partial charge in [-0.2, -0.15) is 4.72 Å². The highest BCUT2D eigenvalue weighted by Gasteiger charge is 2.24. The van der Waals surface area contributed by atoms with Gasteiger partial charge in [0.15, 0.2) is 0 Å². The molecule has 5 N–H and O–H groups in total. The molecule has 19 heavy (non-hydrogen) atoms. The topological polar surface area (TPSA) is 105 Å². The highest BCUT2D eigenvalue weighted by molar-refractivity contribution is 7.89. The number of nitrogens with two attached hydrogens (primary N) is 1. The Kier molecular flexibility index (Phi) is 4.38. The number of sulfonamides is 1. The van der Waals surface area contributed by atoms with Crippen molar-refractivity contribution in [3.8, 4) is 0 Å². The number of anilines is 1. The van der Waals surface area contributed by atoms with Crippen molar-refractivity contribution in [2.75, 3.05) is 12.8 Å². The molecule has 0 bridgehead atoms. The predicted octanol–water partition coefficient (Wildman–Crippen LogP) is -0.266. The van der Waals surface area contributed by atoms with Crippen LogP contribution in [0.3, 0.4) is 0 Å². The maximum Gasteiger partial charge on any atom is 0.241 e. The summed E-state index contributed by atoms with van der Waals surface area (Å²) in [5.74, 6) is 0. The maximum absolute atomic E-state index is 12.1. The molecule has 2 unspecified atom stereocenters. The summed E-state index contributed by atoms with van der Waals surface area (Å²) in [6.07, 6.45) is 0.893. The SMILES string of the molecule is COC1CCC(NS(=O)(=O)c2ccc(N)cc2)NN1. The Morgan fingerprint density at radius 2 is 1.95 bits per heavy atom. The Labute approximate surface area is 112 Å². The van der Waals surface area contributed by atoms with Gasteiger partial charge in [0.2, 0.25) is 10.0 Å². The van der Waals surface area contributed by atoms with E-state index in [1.165, 1.54) is 12.1 Å². The van der Waals surface area contributed by atoms with Crippen LogP contribution in [0.4, 0.5) is 5.69 Å². The fourth-order valence-electron chi connectivity index (χ4n) is 1.82. The van der Waals surface area contributed by atoms with E-state index >= 15 is 0 Å². The summed E-state index contributed by atoms with van der Waals surface area (Å²) in [5.41, 5.74) is 11.8. The third kappa shape index (κ3) is 3.64. The second-order valence-corrected chi connectivity index (χ2v) is 6.05. The van der Waals surface area contributed by atoms with Crippen molar-refractivity contribution in [3.63, 3.8) is 0 Å². The van der Waals surface area contributed by atoms with Crippen LogP contribution < -0.4 is 21.3 Å². The summed E-state index contributed by atoms with van der Waals surface area (Å²) in [6, 6.07) is 6.07. The fourth-order valence-corrected chi connectivity index (χ4v) is 3.01. The summed E-state index contributed by atoms with van der Waals surface area (Å²) in [5, 5.41) is 0. The van der Waals surface area contributed by atoms with E-state index in [2.05, 4.69) is 15.6 Å². The van der Waals surface area contributed by atoms with Crippen LogP contribution >= 0.6 is 0 Å². The maximum atomic E-state index is 12.1. The molecule has 0 saturated carbocycles. The lowest BCUT2D eigenvalue weighted by Gasteiger charge is -2.30. The smallest absolute Gasteiger partial charge is 0.241 e. The molecule has 1 aromatic carbocycles. The summed E-state index contributed by atoms with van der Waals surface area (Å²) in [6.45, 7) is 0. The Balaban J connectivity index is 2.00. The van der Waals surface area contributed by atoms with E-state index in [4.69, 9.17) is 10.5 Å². The monoisotopic (exact) mass is 286 g/mol. The predicted molar refractivity (Wildman–Crippen MR) is 71.3 cm³/mol. The van der Waals surface area contributed by atoms with Crippen molar-refractivity contribution in [2.24, 2.45) is 0 Å². The molecule has 0 amide bonds. The first-order chi connectivity index (χ1) is 9.01. The summed E-state index contributed by atoms with van der Waals surface area (Å²) in [7, 11) is -1.95. The van der Waals surface area contributed by atoms with Gasteiger partial charge in [0.05, 0.1) is 11.1 Å². The second kappa shape index (κ2) is 5.85. The number of hydrogen-bond donors (Lipinski definition) is 4.